The summed E-state index contributed by atoms with van der Waals surface area (Å²) in [6.45, 7) is 1.24. The van der Waals surface area contributed by atoms with Crippen LogP contribution in [-0.4, -0.2) is 30.1 Å². The fraction of sp³-hybridized carbons (Fsp3) is 0.312. The van der Waals surface area contributed by atoms with Crippen molar-refractivity contribution in [3.8, 4) is 5.75 Å². The van der Waals surface area contributed by atoms with Gasteiger partial charge in [-0.3, -0.25) is 9.59 Å². The molecule has 7 heteroatoms. The number of hydrogen-bond acceptors (Lipinski definition) is 5. The lowest BCUT2D eigenvalue weighted by Crippen LogP contribution is -2.33. The van der Waals surface area contributed by atoms with Crippen LogP contribution in [0.2, 0.25) is 0 Å². The normalized spacial score (nSPS) is 10.5. The molecule has 1 aromatic carbocycles. The van der Waals surface area contributed by atoms with Gasteiger partial charge in [-0.15, -0.1) is 0 Å². The number of rotatable bonds is 7. The first-order valence-corrected chi connectivity index (χ1v) is 7.17. The largest absolute Gasteiger partial charge is 0.484 e. The molecule has 2 N–H and O–H groups in total. The van der Waals surface area contributed by atoms with Crippen molar-refractivity contribution in [1.82, 2.24) is 5.32 Å². The van der Waals surface area contributed by atoms with E-state index in [2.05, 4.69) is 5.32 Å². The van der Waals surface area contributed by atoms with E-state index in [4.69, 9.17) is 14.3 Å². The predicted molar refractivity (Wildman–Crippen MR) is 82.6 cm³/mol. The van der Waals surface area contributed by atoms with E-state index < -0.39 is 24.0 Å². The van der Waals surface area contributed by atoms with Crippen LogP contribution in [0.3, 0.4) is 0 Å². The molecular formula is C16H17NO6. The number of carbonyl (C=O) groups excluding carboxylic acids is 1. The van der Waals surface area contributed by atoms with E-state index in [0.29, 0.717) is 11.3 Å². The summed E-state index contributed by atoms with van der Waals surface area (Å²) >= 11 is 0. The lowest BCUT2D eigenvalue weighted by atomic mass is 10.1. The van der Waals surface area contributed by atoms with E-state index in [9.17, 15) is 14.4 Å². The van der Waals surface area contributed by atoms with Gasteiger partial charge in [-0.25, -0.2) is 4.79 Å². The van der Waals surface area contributed by atoms with E-state index in [1.807, 2.05) is 6.92 Å². The minimum absolute atomic E-state index is 0.322. The Hall–Kier alpha value is -2.83. The quantitative estimate of drug-likeness (QED) is 0.746. The first kappa shape index (κ1) is 16.5. The first-order chi connectivity index (χ1) is 11.0. The molecule has 1 aromatic heterocycles. The van der Waals surface area contributed by atoms with Gasteiger partial charge in [-0.2, -0.15) is 0 Å². The zero-order valence-corrected chi connectivity index (χ0v) is 12.6. The molecule has 0 bridgehead atoms. The van der Waals surface area contributed by atoms with Crippen molar-refractivity contribution in [3.63, 3.8) is 0 Å². The second-order valence-corrected chi connectivity index (χ2v) is 4.96. The van der Waals surface area contributed by atoms with Crippen molar-refractivity contribution in [2.45, 2.75) is 19.8 Å². The maximum absolute atomic E-state index is 11.6. The van der Waals surface area contributed by atoms with Crippen LogP contribution < -0.4 is 15.7 Å². The SMILES string of the molecule is CCCc1cc(=O)oc2cc(OCC(=O)NCC(=O)O)ccc12. The number of carbonyl (C=O) groups is 2. The number of benzene rings is 1. The molecule has 2 rings (SSSR count). The topological polar surface area (TPSA) is 106 Å². The van der Waals surface area contributed by atoms with E-state index in [-0.39, 0.29) is 6.61 Å². The molecule has 0 radical (unpaired) electrons. The third-order valence-electron chi connectivity index (χ3n) is 3.13. The van der Waals surface area contributed by atoms with Crippen LogP contribution in [-0.2, 0) is 16.0 Å². The molecule has 0 aliphatic rings. The van der Waals surface area contributed by atoms with Gasteiger partial charge in [0.1, 0.15) is 17.9 Å². The molecule has 0 fully saturated rings. The predicted octanol–water partition coefficient (Wildman–Crippen LogP) is 1.33. The summed E-state index contributed by atoms with van der Waals surface area (Å²) in [5, 5.41) is 11.5. The fourth-order valence-electron chi connectivity index (χ4n) is 2.15. The third kappa shape index (κ3) is 4.57. The summed E-state index contributed by atoms with van der Waals surface area (Å²) in [7, 11) is 0. The lowest BCUT2D eigenvalue weighted by molar-refractivity contribution is -0.138. The average molecular weight is 319 g/mol. The highest BCUT2D eigenvalue weighted by Crippen LogP contribution is 2.23. The maximum Gasteiger partial charge on any atom is 0.336 e. The highest BCUT2D eigenvalue weighted by atomic mass is 16.5. The molecule has 2 aromatic rings. The van der Waals surface area contributed by atoms with Gasteiger partial charge in [0, 0.05) is 17.5 Å². The summed E-state index contributed by atoms with van der Waals surface area (Å²) in [5.41, 5.74) is 0.867. The van der Waals surface area contributed by atoms with E-state index in [1.165, 1.54) is 6.07 Å². The molecule has 0 aliphatic heterocycles. The molecule has 0 atom stereocenters. The molecule has 1 amide bonds. The minimum Gasteiger partial charge on any atom is -0.484 e. The number of carboxylic acid groups (broad SMARTS) is 1. The van der Waals surface area contributed by atoms with Gasteiger partial charge in [0.25, 0.3) is 5.91 Å². The fourth-order valence-corrected chi connectivity index (χ4v) is 2.15. The number of amides is 1. The van der Waals surface area contributed by atoms with Crippen molar-refractivity contribution in [2.75, 3.05) is 13.2 Å². The molecule has 0 saturated carbocycles. The van der Waals surface area contributed by atoms with Crippen LogP contribution in [0, 0.1) is 0 Å². The molecule has 0 saturated heterocycles. The van der Waals surface area contributed by atoms with Crippen LogP contribution in [0.25, 0.3) is 11.0 Å². The van der Waals surface area contributed by atoms with Crippen molar-refractivity contribution in [3.05, 3.63) is 40.2 Å². The van der Waals surface area contributed by atoms with Crippen LogP contribution in [0.15, 0.2) is 33.5 Å². The van der Waals surface area contributed by atoms with Gasteiger partial charge in [0.2, 0.25) is 0 Å². The zero-order chi connectivity index (χ0) is 16.8. The third-order valence-corrected chi connectivity index (χ3v) is 3.13. The number of nitrogens with one attached hydrogen (secondary N) is 1. The van der Waals surface area contributed by atoms with Crippen molar-refractivity contribution >= 4 is 22.8 Å². The second kappa shape index (κ2) is 7.44. The van der Waals surface area contributed by atoms with Crippen molar-refractivity contribution < 1.29 is 23.8 Å². The van der Waals surface area contributed by atoms with Crippen molar-refractivity contribution in [2.24, 2.45) is 0 Å². The number of fused-ring (bicyclic) bond motifs is 1. The summed E-state index contributed by atoms with van der Waals surface area (Å²) in [6, 6.07) is 6.46. The summed E-state index contributed by atoms with van der Waals surface area (Å²) < 4.78 is 10.4. The zero-order valence-electron chi connectivity index (χ0n) is 12.6. The summed E-state index contributed by atoms with van der Waals surface area (Å²) in [6.07, 6.45) is 1.67. The maximum atomic E-state index is 11.6. The van der Waals surface area contributed by atoms with Gasteiger partial charge >= 0.3 is 11.6 Å². The van der Waals surface area contributed by atoms with Gasteiger partial charge in [0.05, 0.1) is 0 Å². The van der Waals surface area contributed by atoms with Crippen molar-refractivity contribution in [1.29, 1.82) is 0 Å². The summed E-state index contributed by atoms with van der Waals surface area (Å²) in [4.78, 5) is 33.3. The number of aryl methyl sites for hydroxylation is 1. The van der Waals surface area contributed by atoms with Gasteiger partial charge in [-0.1, -0.05) is 13.3 Å². The Morgan fingerprint density at radius 3 is 2.78 bits per heavy atom. The average Bonchev–Trinajstić information content (AvgIpc) is 2.50. The van der Waals surface area contributed by atoms with Crippen LogP contribution in [0.4, 0.5) is 0 Å². The van der Waals surface area contributed by atoms with Gasteiger partial charge < -0.3 is 19.6 Å². The highest BCUT2D eigenvalue weighted by molar-refractivity contribution is 5.83. The Bertz CT molecular complexity index is 780. The smallest absolute Gasteiger partial charge is 0.336 e. The van der Waals surface area contributed by atoms with Crippen LogP contribution >= 0.6 is 0 Å². The number of carboxylic acids is 1. The van der Waals surface area contributed by atoms with Crippen LogP contribution in [0.5, 0.6) is 5.75 Å². The van der Waals surface area contributed by atoms with Gasteiger partial charge in [0.15, 0.2) is 6.61 Å². The molecule has 7 nitrogen and oxygen atoms in total. The standard InChI is InChI=1S/C16H17NO6/c1-2-3-10-6-16(21)23-13-7-11(4-5-12(10)13)22-9-14(18)17-8-15(19)20/h4-7H,2-3,8-9H2,1H3,(H,17,18)(H,19,20). The molecule has 0 unspecified atom stereocenters. The van der Waals surface area contributed by atoms with Crippen LogP contribution in [0.1, 0.15) is 18.9 Å². The number of aliphatic carboxylic acids is 1. The monoisotopic (exact) mass is 319 g/mol. The molecule has 122 valence electrons. The Labute approximate surface area is 131 Å². The lowest BCUT2D eigenvalue weighted by Gasteiger charge is -2.08. The molecule has 23 heavy (non-hydrogen) atoms. The Kier molecular flexibility index (Phi) is 5.35. The van der Waals surface area contributed by atoms with E-state index in [0.717, 1.165) is 23.8 Å². The molecule has 0 aliphatic carbocycles. The Morgan fingerprint density at radius 1 is 1.30 bits per heavy atom. The molecule has 1 heterocycles. The first-order valence-electron chi connectivity index (χ1n) is 7.17. The molecule has 0 spiro atoms. The highest BCUT2D eigenvalue weighted by Gasteiger charge is 2.08. The Morgan fingerprint density at radius 2 is 2.09 bits per heavy atom. The summed E-state index contributed by atoms with van der Waals surface area (Å²) in [5.74, 6) is -1.32. The Balaban J connectivity index is 2.12. The van der Waals surface area contributed by atoms with E-state index in [1.54, 1.807) is 18.2 Å². The number of ether oxygens (including phenoxy) is 1. The van der Waals surface area contributed by atoms with Gasteiger partial charge in [-0.05, 0) is 24.1 Å². The second-order valence-electron chi connectivity index (χ2n) is 4.96. The number of hydrogen-bond donors (Lipinski definition) is 2. The minimum atomic E-state index is -1.13. The molecular weight excluding hydrogens is 302 g/mol. The van der Waals surface area contributed by atoms with E-state index >= 15 is 0 Å².